The van der Waals surface area contributed by atoms with Gasteiger partial charge >= 0.3 is 5.97 Å². The standard InChI is InChI=1S/C14H18O2/c1-3-7-12(2)14(15)16-11-10-13-8-5-4-6-9-13/h4-6,8-9H,2-3,7,10-11H2,1H3. The molecule has 0 heterocycles. The molecule has 0 N–H and O–H groups in total. The lowest BCUT2D eigenvalue weighted by Crippen LogP contribution is -2.09. The van der Waals surface area contributed by atoms with E-state index >= 15 is 0 Å². The number of hydrogen-bond donors (Lipinski definition) is 0. The minimum Gasteiger partial charge on any atom is -0.462 e. The summed E-state index contributed by atoms with van der Waals surface area (Å²) in [6, 6.07) is 9.97. The molecule has 0 aliphatic carbocycles. The fraction of sp³-hybridized carbons (Fsp3) is 0.357. The van der Waals surface area contributed by atoms with Crippen LogP contribution in [0.2, 0.25) is 0 Å². The third-order valence-corrected chi connectivity index (χ3v) is 2.31. The molecule has 1 aromatic rings. The van der Waals surface area contributed by atoms with Gasteiger partial charge in [0.05, 0.1) is 6.61 Å². The zero-order valence-corrected chi connectivity index (χ0v) is 9.74. The van der Waals surface area contributed by atoms with E-state index < -0.39 is 0 Å². The number of benzene rings is 1. The van der Waals surface area contributed by atoms with Gasteiger partial charge in [-0.1, -0.05) is 50.3 Å². The van der Waals surface area contributed by atoms with Crippen molar-refractivity contribution >= 4 is 5.97 Å². The minimum atomic E-state index is -0.266. The van der Waals surface area contributed by atoms with E-state index in [0.717, 1.165) is 12.8 Å². The van der Waals surface area contributed by atoms with Gasteiger partial charge in [0.15, 0.2) is 0 Å². The Morgan fingerprint density at radius 2 is 2.00 bits per heavy atom. The molecule has 1 rings (SSSR count). The summed E-state index contributed by atoms with van der Waals surface area (Å²) in [5, 5.41) is 0. The van der Waals surface area contributed by atoms with Crippen molar-refractivity contribution in [2.24, 2.45) is 0 Å². The largest absolute Gasteiger partial charge is 0.462 e. The summed E-state index contributed by atoms with van der Waals surface area (Å²) in [4.78, 5) is 11.4. The van der Waals surface area contributed by atoms with Crippen LogP contribution in [0.4, 0.5) is 0 Å². The molecular weight excluding hydrogens is 200 g/mol. The summed E-state index contributed by atoms with van der Waals surface area (Å²) in [6.45, 7) is 6.13. The molecule has 1 aromatic carbocycles. The Labute approximate surface area is 96.9 Å². The Morgan fingerprint density at radius 1 is 1.31 bits per heavy atom. The lowest BCUT2D eigenvalue weighted by atomic mass is 10.1. The van der Waals surface area contributed by atoms with Crippen molar-refractivity contribution < 1.29 is 9.53 Å². The van der Waals surface area contributed by atoms with Crippen LogP contribution in [0.15, 0.2) is 42.5 Å². The number of hydrogen-bond acceptors (Lipinski definition) is 2. The molecule has 0 atom stereocenters. The van der Waals surface area contributed by atoms with Crippen LogP contribution in [-0.2, 0) is 16.0 Å². The Kier molecular flexibility index (Phi) is 5.34. The quantitative estimate of drug-likeness (QED) is 0.541. The molecule has 0 unspecified atom stereocenters. The van der Waals surface area contributed by atoms with Crippen LogP contribution in [-0.4, -0.2) is 12.6 Å². The second-order valence-corrected chi connectivity index (χ2v) is 3.73. The SMILES string of the molecule is C=C(CCC)C(=O)OCCc1ccccc1. The van der Waals surface area contributed by atoms with Crippen LogP contribution < -0.4 is 0 Å². The first-order valence-electron chi connectivity index (χ1n) is 5.63. The smallest absolute Gasteiger partial charge is 0.333 e. The molecule has 0 saturated heterocycles. The van der Waals surface area contributed by atoms with Gasteiger partial charge in [-0.3, -0.25) is 0 Å². The molecule has 86 valence electrons. The molecule has 2 nitrogen and oxygen atoms in total. The van der Waals surface area contributed by atoms with Crippen molar-refractivity contribution in [2.75, 3.05) is 6.61 Å². The lowest BCUT2D eigenvalue weighted by Gasteiger charge is -2.06. The van der Waals surface area contributed by atoms with Gasteiger partial charge in [-0.2, -0.15) is 0 Å². The van der Waals surface area contributed by atoms with E-state index in [-0.39, 0.29) is 5.97 Å². The second-order valence-electron chi connectivity index (χ2n) is 3.73. The summed E-state index contributed by atoms with van der Waals surface area (Å²) < 4.78 is 5.12. The zero-order valence-electron chi connectivity index (χ0n) is 9.74. The predicted octanol–water partition coefficient (Wildman–Crippen LogP) is 3.13. The van der Waals surface area contributed by atoms with E-state index in [1.807, 2.05) is 37.3 Å². The van der Waals surface area contributed by atoms with E-state index in [1.54, 1.807) is 0 Å². The Balaban J connectivity index is 2.26. The van der Waals surface area contributed by atoms with Crippen molar-refractivity contribution in [1.29, 1.82) is 0 Å². The molecular formula is C14H18O2. The maximum Gasteiger partial charge on any atom is 0.333 e. The highest BCUT2D eigenvalue weighted by Crippen LogP contribution is 2.05. The maximum absolute atomic E-state index is 11.4. The Hall–Kier alpha value is -1.57. The van der Waals surface area contributed by atoms with Crippen molar-refractivity contribution in [3.63, 3.8) is 0 Å². The first kappa shape index (κ1) is 12.5. The van der Waals surface area contributed by atoms with E-state index in [9.17, 15) is 4.79 Å². The molecule has 0 aliphatic rings. The number of esters is 1. The number of ether oxygens (including phenoxy) is 1. The molecule has 0 saturated carbocycles. The number of carbonyl (C=O) groups excluding carboxylic acids is 1. The van der Waals surface area contributed by atoms with Crippen LogP contribution in [0.1, 0.15) is 25.3 Å². The molecule has 0 radical (unpaired) electrons. The van der Waals surface area contributed by atoms with Gasteiger partial charge in [-0.05, 0) is 12.0 Å². The average Bonchev–Trinajstić information content (AvgIpc) is 2.30. The predicted molar refractivity (Wildman–Crippen MR) is 65.2 cm³/mol. The maximum atomic E-state index is 11.4. The molecule has 0 amide bonds. The highest BCUT2D eigenvalue weighted by atomic mass is 16.5. The molecule has 0 aromatic heterocycles. The van der Waals surface area contributed by atoms with Crippen molar-refractivity contribution in [3.8, 4) is 0 Å². The van der Waals surface area contributed by atoms with Gasteiger partial charge in [-0.15, -0.1) is 0 Å². The minimum absolute atomic E-state index is 0.266. The topological polar surface area (TPSA) is 26.3 Å². The van der Waals surface area contributed by atoms with Gasteiger partial charge in [-0.25, -0.2) is 4.79 Å². The van der Waals surface area contributed by atoms with Gasteiger partial charge < -0.3 is 4.74 Å². The van der Waals surface area contributed by atoms with E-state index in [0.29, 0.717) is 18.6 Å². The van der Waals surface area contributed by atoms with Gasteiger partial charge in [0.2, 0.25) is 0 Å². The molecule has 0 spiro atoms. The van der Waals surface area contributed by atoms with Gasteiger partial charge in [0.1, 0.15) is 0 Å². The van der Waals surface area contributed by atoms with E-state index in [2.05, 4.69) is 6.58 Å². The second kappa shape index (κ2) is 6.83. The Morgan fingerprint density at radius 3 is 2.62 bits per heavy atom. The van der Waals surface area contributed by atoms with Crippen LogP contribution in [0.25, 0.3) is 0 Å². The highest BCUT2D eigenvalue weighted by Gasteiger charge is 2.06. The van der Waals surface area contributed by atoms with Gasteiger partial charge in [0, 0.05) is 12.0 Å². The summed E-state index contributed by atoms with van der Waals surface area (Å²) in [7, 11) is 0. The fourth-order valence-corrected chi connectivity index (χ4v) is 1.41. The van der Waals surface area contributed by atoms with Crippen molar-refractivity contribution in [1.82, 2.24) is 0 Å². The molecule has 16 heavy (non-hydrogen) atoms. The molecule has 2 heteroatoms. The summed E-state index contributed by atoms with van der Waals surface area (Å²) in [5.41, 5.74) is 1.74. The first-order chi connectivity index (χ1) is 7.74. The van der Waals surface area contributed by atoms with Crippen molar-refractivity contribution in [3.05, 3.63) is 48.0 Å². The fourth-order valence-electron chi connectivity index (χ4n) is 1.41. The molecule has 0 bridgehead atoms. The highest BCUT2D eigenvalue weighted by molar-refractivity contribution is 5.87. The van der Waals surface area contributed by atoms with Crippen LogP contribution in [0.3, 0.4) is 0 Å². The average molecular weight is 218 g/mol. The van der Waals surface area contributed by atoms with Crippen LogP contribution in [0, 0.1) is 0 Å². The Bertz CT molecular complexity index is 341. The first-order valence-corrected chi connectivity index (χ1v) is 5.63. The van der Waals surface area contributed by atoms with Crippen LogP contribution >= 0.6 is 0 Å². The third kappa shape index (κ3) is 4.30. The van der Waals surface area contributed by atoms with E-state index in [4.69, 9.17) is 4.74 Å². The number of rotatable bonds is 6. The zero-order chi connectivity index (χ0) is 11.8. The summed E-state index contributed by atoms with van der Waals surface area (Å²) in [6.07, 6.45) is 2.39. The lowest BCUT2D eigenvalue weighted by molar-refractivity contribution is -0.139. The third-order valence-electron chi connectivity index (χ3n) is 2.31. The normalized spacial score (nSPS) is 9.81. The monoisotopic (exact) mass is 218 g/mol. The number of carbonyl (C=O) groups is 1. The molecule has 0 aliphatic heterocycles. The van der Waals surface area contributed by atoms with Crippen LogP contribution in [0.5, 0.6) is 0 Å². The van der Waals surface area contributed by atoms with E-state index in [1.165, 1.54) is 5.56 Å². The molecule has 0 fully saturated rings. The summed E-state index contributed by atoms with van der Waals surface area (Å²) in [5.74, 6) is -0.266. The summed E-state index contributed by atoms with van der Waals surface area (Å²) >= 11 is 0. The van der Waals surface area contributed by atoms with Crippen molar-refractivity contribution in [2.45, 2.75) is 26.2 Å². The van der Waals surface area contributed by atoms with Gasteiger partial charge in [0.25, 0.3) is 0 Å².